The first-order valence-corrected chi connectivity index (χ1v) is 9.84. The first-order valence-electron chi connectivity index (χ1n) is 9.84. The molecule has 3 aromatic carbocycles. The van der Waals surface area contributed by atoms with Crippen LogP contribution in [0, 0.1) is 0 Å². The number of carbonyl (C=O) groups excluding carboxylic acids is 3. The van der Waals surface area contributed by atoms with Crippen LogP contribution in [-0.4, -0.2) is 29.2 Å². The van der Waals surface area contributed by atoms with Crippen molar-refractivity contribution in [3.63, 3.8) is 0 Å². The first-order chi connectivity index (χ1) is 14.9. The quantitative estimate of drug-likeness (QED) is 0.638. The van der Waals surface area contributed by atoms with Crippen LogP contribution >= 0.6 is 0 Å². The van der Waals surface area contributed by atoms with Crippen molar-refractivity contribution < 1.29 is 14.4 Å². The molecule has 1 aliphatic heterocycles. The normalized spacial score (nSPS) is 16.5. The number of anilines is 4. The molecular formula is C24H22N4O3. The second kappa shape index (κ2) is 7.79. The number of amides is 2. The third-order valence-electron chi connectivity index (χ3n) is 5.28. The molecule has 2 amide bonds. The third-order valence-corrected chi connectivity index (χ3v) is 5.28. The van der Waals surface area contributed by atoms with E-state index in [2.05, 4.69) is 0 Å². The van der Waals surface area contributed by atoms with Gasteiger partial charge in [-0.05, 0) is 43.3 Å². The maximum Gasteiger partial charge on any atom is 0.269 e. The van der Waals surface area contributed by atoms with Gasteiger partial charge in [-0.2, -0.15) is 0 Å². The number of benzene rings is 3. The smallest absolute Gasteiger partial charge is 0.269 e. The van der Waals surface area contributed by atoms with Gasteiger partial charge in [0, 0.05) is 11.4 Å². The molecule has 1 heterocycles. The van der Waals surface area contributed by atoms with Crippen molar-refractivity contribution in [1.82, 2.24) is 0 Å². The molecule has 0 saturated carbocycles. The van der Waals surface area contributed by atoms with Crippen LogP contribution in [0.15, 0.2) is 84.9 Å². The minimum atomic E-state index is -2.50. The molecule has 0 radical (unpaired) electrons. The number of Topliss-reactive ketones (excluding diaryl/α,β-unsaturated/α-hetero) is 1. The van der Waals surface area contributed by atoms with Crippen molar-refractivity contribution in [3.8, 4) is 0 Å². The van der Waals surface area contributed by atoms with Crippen LogP contribution in [0.3, 0.4) is 0 Å². The van der Waals surface area contributed by atoms with Crippen LogP contribution in [-0.2, 0) is 14.4 Å². The molecule has 31 heavy (non-hydrogen) atoms. The molecule has 4 N–H and O–H groups in total. The van der Waals surface area contributed by atoms with Gasteiger partial charge in [-0.1, -0.05) is 48.5 Å². The highest BCUT2D eigenvalue weighted by Gasteiger charge is 2.57. The molecule has 0 spiro atoms. The molecule has 0 saturated heterocycles. The zero-order chi connectivity index (χ0) is 22.2. The highest BCUT2D eigenvalue weighted by Crippen LogP contribution is 2.43. The Balaban J connectivity index is 2.06. The van der Waals surface area contributed by atoms with Gasteiger partial charge in [-0.15, -0.1) is 0 Å². The Morgan fingerprint density at radius 3 is 1.45 bits per heavy atom. The van der Waals surface area contributed by atoms with E-state index < -0.39 is 29.2 Å². The summed E-state index contributed by atoms with van der Waals surface area (Å²) in [6.07, 6.45) is 0. The summed E-state index contributed by atoms with van der Waals surface area (Å²) >= 11 is 0. The van der Waals surface area contributed by atoms with E-state index in [-0.39, 0.29) is 0 Å². The Kier molecular flexibility index (Phi) is 5.14. The lowest BCUT2D eigenvalue weighted by Gasteiger charge is -2.31. The Morgan fingerprint density at radius 2 is 1.10 bits per heavy atom. The summed E-state index contributed by atoms with van der Waals surface area (Å²) in [6, 6.07) is 23.4. The second-order valence-corrected chi connectivity index (χ2v) is 7.40. The average molecular weight is 414 g/mol. The summed E-state index contributed by atoms with van der Waals surface area (Å²) in [5.74, 6) is -2.55. The number of ketones is 1. The Hall–Kier alpha value is -3.81. The summed E-state index contributed by atoms with van der Waals surface area (Å²) in [6.45, 7) is 1.41. The van der Waals surface area contributed by atoms with E-state index in [0.717, 1.165) is 0 Å². The van der Waals surface area contributed by atoms with Gasteiger partial charge in [0.1, 0.15) is 0 Å². The monoisotopic (exact) mass is 414 g/mol. The lowest BCUT2D eigenvalue weighted by molar-refractivity contribution is -0.141. The summed E-state index contributed by atoms with van der Waals surface area (Å²) in [5, 5.41) is 0. The van der Waals surface area contributed by atoms with E-state index >= 15 is 0 Å². The van der Waals surface area contributed by atoms with Gasteiger partial charge in [0.05, 0.1) is 17.4 Å². The molecule has 0 bridgehead atoms. The molecule has 1 aliphatic rings. The summed E-state index contributed by atoms with van der Waals surface area (Å²) in [5.41, 5.74) is 11.6. The van der Waals surface area contributed by atoms with Gasteiger partial charge >= 0.3 is 0 Å². The number of fused-ring (bicyclic) bond motifs is 1. The molecule has 7 heteroatoms. The Labute approximate surface area is 179 Å². The van der Waals surface area contributed by atoms with Gasteiger partial charge in [-0.25, -0.2) is 0 Å². The largest absolute Gasteiger partial charge is 0.322 e. The molecule has 0 aromatic heterocycles. The van der Waals surface area contributed by atoms with Crippen LogP contribution < -0.4 is 21.3 Å². The molecule has 1 atom stereocenters. The summed E-state index contributed by atoms with van der Waals surface area (Å²) in [7, 11) is 0. The number of hydrogen-bond donors (Lipinski definition) is 2. The van der Waals surface area contributed by atoms with Crippen molar-refractivity contribution in [3.05, 3.63) is 84.9 Å². The lowest BCUT2D eigenvalue weighted by atomic mass is 9.87. The molecule has 156 valence electrons. The molecule has 4 rings (SSSR count). The van der Waals surface area contributed by atoms with Crippen LogP contribution in [0.5, 0.6) is 0 Å². The zero-order valence-corrected chi connectivity index (χ0v) is 16.9. The van der Waals surface area contributed by atoms with Gasteiger partial charge in [0.15, 0.2) is 5.78 Å². The molecule has 0 fully saturated rings. The SMILES string of the molecule is C[C@H](N)C(=O)C1(N)C(=O)N(c2ccccc2)c2ccccc2N(c2ccccc2)C1=O. The van der Waals surface area contributed by atoms with Gasteiger partial charge < -0.3 is 11.5 Å². The summed E-state index contributed by atoms with van der Waals surface area (Å²) in [4.78, 5) is 43.5. The van der Waals surface area contributed by atoms with Crippen molar-refractivity contribution in [1.29, 1.82) is 0 Å². The van der Waals surface area contributed by atoms with Crippen LogP contribution in [0.1, 0.15) is 6.92 Å². The molecule has 3 aromatic rings. The molecule has 7 nitrogen and oxygen atoms in total. The first kappa shape index (κ1) is 20.5. The number of rotatable bonds is 4. The third kappa shape index (κ3) is 3.20. The minimum absolute atomic E-state index is 0.431. The average Bonchev–Trinajstić information content (AvgIpc) is 2.87. The fourth-order valence-corrected chi connectivity index (χ4v) is 3.74. The highest BCUT2D eigenvalue weighted by atomic mass is 16.2. The van der Waals surface area contributed by atoms with Crippen LogP contribution in [0.2, 0.25) is 0 Å². The van der Waals surface area contributed by atoms with E-state index in [1.807, 2.05) is 12.1 Å². The molecular weight excluding hydrogens is 392 g/mol. The maximum atomic E-state index is 13.8. The topological polar surface area (TPSA) is 110 Å². The van der Waals surface area contributed by atoms with Crippen LogP contribution in [0.25, 0.3) is 0 Å². The maximum absolute atomic E-state index is 13.8. The second-order valence-electron chi connectivity index (χ2n) is 7.40. The van der Waals surface area contributed by atoms with Gasteiger partial charge in [0.25, 0.3) is 11.8 Å². The Bertz CT molecular complexity index is 1070. The van der Waals surface area contributed by atoms with E-state index in [1.54, 1.807) is 72.8 Å². The lowest BCUT2D eigenvalue weighted by Crippen LogP contribution is -2.69. The number of para-hydroxylation sites is 4. The minimum Gasteiger partial charge on any atom is -0.322 e. The zero-order valence-electron chi connectivity index (χ0n) is 16.9. The highest BCUT2D eigenvalue weighted by molar-refractivity contribution is 6.39. The predicted octanol–water partition coefficient (Wildman–Crippen LogP) is 2.64. The molecule has 0 aliphatic carbocycles. The number of nitrogens with zero attached hydrogens (tertiary/aromatic N) is 2. The van der Waals surface area contributed by atoms with Crippen molar-refractivity contribution in [2.45, 2.75) is 18.5 Å². The van der Waals surface area contributed by atoms with Crippen molar-refractivity contribution in [2.24, 2.45) is 11.5 Å². The summed E-state index contributed by atoms with van der Waals surface area (Å²) < 4.78 is 0. The Morgan fingerprint density at radius 1 is 0.742 bits per heavy atom. The number of hydrogen-bond acceptors (Lipinski definition) is 5. The van der Waals surface area contributed by atoms with E-state index in [4.69, 9.17) is 11.5 Å². The van der Waals surface area contributed by atoms with Gasteiger partial charge in [0.2, 0.25) is 5.54 Å². The van der Waals surface area contributed by atoms with E-state index in [1.165, 1.54) is 16.7 Å². The fourth-order valence-electron chi connectivity index (χ4n) is 3.74. The van der Waals surface area contributed by atoms with Crippen molar-refractivity contribution >= 4 is 40.3 Å². The van der Waals surface area contributed by atoms with Crippen LogP contribution in [0.4, 0.5) is 22.7 Å². The van der Waals surface area contributed by atoms with Gasteiger partial charge in [-0.3, -0.25) is 24.2 Å². The standard InChI is InChI=1S/C24H22N4O3/c1-16(25)21(29)24(26)22(30)27(17-10-4-2-5-11-17)19-14-8-9-15-20(19)28(23(24)31)18-12-6-3-7-13-18/h2-16H,25-26H2,1H3/t16-/m0/s1. The van der Waals surface area contributed by atoms with Crippen molar-refractivity contribution in [2.75, 3.05) is 9.80 Å². The number of nitrogens with two attached hydrogens (primary N) is 2. The van der Waals surface area contributed by atoms with E-state index in [0.29, 0.717) is 22.7 Å². The fraction of sp³-hybridized carbons (Fsp3) is 0.125. The predicted molar refractivity (Wildman–Crippen MR) is 119 cm³/mol. The molecule has 0 unspecified atom stereocenters. The number of carbonyl (C=O) groups is 3. The van der Waals surface area contributed by atoms with E-state index in [9.17, 15) is 14.4 Å².